The fourth-order valence-electron chi connectivity index (χ4n) is 7.71. The van der Waals surface area contributed by atoms with Crippen molar-refractivity contribution < 1.29 is 38.2 Å². The number of nitrogens with zero attached hydrogens (tertiary/aromatic N) is 1. The summed E-state index contributed by atoms with van der Waals surface area (Å²) < 4.78 is 17.2. The first-order valence-electron chi connectivity index (χ1n) is 25.2. The summed E-state index contributed by atoms with van der Waals surface area (Å²) in [6, 6.07) is -0.722. The van der Waals surface area contributed by atoms with Crippen LogP contribution in [0.15, 0.2) is 12.2 Å². The van der Waals surface area contributed by atoms with Crippen molar-refractivity contribution in [2.75, 3.05) is 41.0 Å². The van der Waals surface area contributed by atoms with E-state index in [9.17, 15) is 19.5 Å². The summed E-state index contributed by atoms with van der Waals surface area (Å²) in [7, 11) is 5.42. The van der Waals surface area contributed by atoms with Gasteiger partial charge in [-0.1, -0.05) is 199 Å². The molecule has 0 aromatic rings. The molecule has 0 aliphatic heterocycles. The average Bonchev–Trinajstić information content (AvgIpc) is 3.19. The predicted molar refractivity (Wildman–Crippen MR) is 245 cm³/mol. The predicted octanol–water partition coefficient (Wildman–Crippen LogP) is 12.9. The van der Waals surface area contributed by atoms with Crippen molar-refractivity contribution in [2.45, 2.75) is 257 Å². The number of carbonyl (C=O) groups is 3. The van der Waals surface area contributed by atoms with Gasteiger partial charge in [-0.2, -0.15) is 0 Å². The largest absolute Gasteiger partial charge is 0.544 e. The first-order valence-corrected chi connectivity index (χ1v) is 25.2. The fraction of sp³-hybridized carbons (Fsp3) is 0.902. The SMILES string of the molecule is CCCCCC/C=C/CCCCCCCCCC(=O)OCC(COCCC(C(=O)[O-])[N+](C)(C)C)OC(=O)CCCCCCCCCCCCCCCCCCCCCC. The number of aliphatic carboxylic acids is 1. The smallest absolute Gasteiger partial charge is 0.306 e. The summed E-state index contributed by atoms with van der Waals surface area (Å²) in [5.41, 5.74) is 0. The summed E-state index contributed by atoms with van der Waals surface area (Å²) in [5.74, 6) is -1.72. The molecular weight excluding hydrogens is 739 g/mol. The molecule has 2 atom stereocenters. The number of esters is 2. The van der Waals surface area contributed by atoms with Crippen LogP contribution in [0.2, 0.25) is 0 Å². The normalized spacial score (nSPS) is 12.9. The number of likely N-dealkylation sites (N-methyl/N-ethyl adjacent to an activating group) is 1. The van der Waals surface area contributed by atoms with E-state index >= 15 is 0 Å². The third kappa shape index (κ3) is 41.2. The molecule has 0 N–H and O–H groups in total. The first kappa shape index (κ1) is 57.1. The molecule has 8 nitrogen and oxygen atoms in total. The Hall–Kier alpha value is -1.93. The minimum Gasteiger partial charge on any atom is -0.544 e. The van der Waals surface area contributed by atoms with Gasteiger partial charge in [-0.25, -0.2) is 0 Å². The lowest BCUT2D eigenvalue weighted by atomic mass is 10.0. The molecule has 8 heteroatoms. The van der Waals surface area contributed by atoms with Gasteiger partial charge in [0.15, 0.2) is 6.10 Å². The molecule has 0 saturated carbocycles. The summed E-state index contributed by atoms with van der Waals surface area (Å²) in [6.07, 6.45) is 46.6. The van der Waals surface area contributed by atoms with Gasteiger partial charge in [0.25, 0.3) is 0 Å². The van der Waals surface area contributed by atoms with Crippen molar-refractivity contribution in [2.24, 2.45) is 0 Å². The number of unbranched alkanes of at least 4 members (excludes halogenated alkanes) is 30. The van der Waals surface area contributed by atoms with E-state index in [0.717, 1.165) is 38.5 Å². The Morgan fingerprint density at radius 2 is 0.847 bits per heavy atom. The van der Waals surface area contributed by atoms with Crippen molar-refractivity contribution in [1.29, 1.82) is 0 Å². The number of quaternary nitrogens is 1. The second-order valence-electron chi connectivity index (χ2n) is 18.4. The van der Waals surface area contributed by atoms with E-state index in [0.29, 0.717) is 12.8 Å². The molecule has 0 bridgehead atoms. The van der Waals surface area contributed by atoms with Gasteiger partial charge in [0.1, 0.15) is 12.6 Å². The van der Waals surface area contributed by atoms with Crippen LogP contribution in [0.1, 0.15) is 245 Å². The van der Waals surface area contributed by atoms with E-state index in [-0.39, 0.29) is 42.7 Å². The topological polar surface area (TPSA) is 102 Å². The number of ether oxygens (including phenoxy) is 3. The molecule has 0 aromatic heterocycles. The maximum Gasteiger partial charge on any atom is 0.306 e. The summed E-state index contributed by atoms with van der Waals surface area (Å²) in [5, 5.41) is 11.6. The van der Waals surface area contributed by atoms with E-state index in [1.807, 2.05) is 21.1 Å². The zero-order valence-corrected chi connectivity index (χ0v) is 39.7. The van der Waals surface area contributed by atoms with E-state index in [4.69, 9.17) is 14.2 Å². The number of hydrogen-bond donors (Lipinski definition) is 0. The monoisotopic (exact) mass is 836 g/mol. The quantitative estimate of drug-likeness (QED) is 0.0260. The number of rotatable bonds is 46. The van der Waals surface area contributed by atoms with Crippen molar-refractivity contribution >= 4 is 17.9 Å². The molecule has 0 amide bonds. The average molecular weight is 836 g/mol. The molecule has 0 radical (unpaired) electrons. The highest BCUT2D eigenvalue weighted by atomic mass is 16.6. The number of carbonyl (C=O) groups excluding carboxylic acids is 3. The van der Waals surface area contributed by atoms with Crippen LogP contribution in [0, 0.1) is 0 Å². The van der Waals surface area contributed by atoms with Crippen molar-refractivity contribution in [3.8, 4) is 0 Å². The zero-order valence-electron chi connectivity index (χ0n) is 39.7. The molecule has 2 unspecified atom stereocenters. The third-order valence-corrected chi connectivity index (χ3v) is 11.7. The van der Waals surface area contributed by atoms with Gasteiger partial charge < -0.3 is 28.6 Å². The maximum absolute atomic E-state index is 12.8. The number of carboxylic acid groups (broad SMARTS) is 1. The molecule has 0 aliphatic rings. The van der Waals surface area contributed by atoms with Gasteiger partial charge >= 0.3 is 11.9 Å². The van der Waals surface area contributed by atoms with Gasteiger partial charge in [0, 0.05) is 19.3 Å². The van der Waals surface area contributed by atoms with Gasteiger partial charge in [-0.05, 0) is 38.5 Å². The van der Waals surface area contributed by atoms with E-state index < -0.39 is 18.1 Å². The highest BCUT2D eigenvalue weighted by molar-refractivity contribution is 5.70. The summed E-state index contributed by atoms with van der Waals surface area (Å²) >= 11 is 0. The lowest BCUT2D eigenvalue weighted by Crippen LogP contribution is -2.55. The Bertz CT molecular complexity index is 978. The van der Waals surface area contributed by atoms with Crippen LogP contribution in [-0.4, -0.2) is 75.5 Å². The Morgan fingerprint density at radius 3 is 1.24 bits per heavy atom. The number of allylic oxidation sites excluding steroid dienone is 2. The molecule has 348 valence electrons. The zero-order chi connectivity index (χ0) is 43.5. The highest BCUT2D eigenvalue weighted by Crippen LogP contribution is 2.16. The van der Waals surface area contributed by atoms with Crippen molar-refractivity contribution in [3.63, 3.8) is 0 Å². The van der Waals surface area contributed by atoms with Crippen LogP contribution in [0.4, 0.5) is 0 Å². The molecule has 0 saturated heterocycles. The standard InChI is InChI=1S/C51H97NO7/c1-6-8-10-12-14-16-18-20-22-23-24-25-26-28-30-32-34-36-38-40-42-50(54)59-47(45-57-44-43-48(51(55)56)52(3,4)5)46-58-49(53)41-39-37-35-33-31-29-27-21-19-17-15-13-11-9-7-2/h17,19,47-48H,6-16,18,20-46H2,1-5H3/b19-17+. The molecule has 0 aromatic carbocycles. The van der Waals surface area contributed by atoms with Crippen LogP contribution in [0.5, 0.6) is 0 Å². The van der Waals surface area contributed by atoms with Gasteiger partial charge in [-0.15, -0.1) is 0 Å². The summed E-state index contributed by atoms with van der Waals surface area (Å²) in [4.78, 5) is 37.0. The highest BCUT2D eigenvalue weighted by Gasteiger charge is 2.25. The molecular formula is C51H97NO7. The molecule has 0 heterocycles. The van der Waals surface area contributed by atoms with Crippen LogP contribution in [0.25, 0.3) is 0 Å². The molecule has 0 rings (SSSR count). The Kier molecular flexibility index (Phi) is 41.3. The van der Waals surface area contributed by atoms with Crippen LogP contribution >= 0.6 is 0 Å². The molecule has 0 aliphatic carbocycles. The van der Waals surface area contributed by atoms with Crippen molar-refractivity contribution in [3.05, 3.63) is 12.2 Å². The molecule has 0 fully saturated rings. The minimum atomic E-state index is -1.12. The Balaban J connectivity index is 4.21. The van der Waals surface area contributed by atoms with Gasteiger partial charge in [0.2, 0.25) is 0 Å². The van der Waals surface area contributed by atoms with Gasteiger partial charge in [0.05, 0.1) is 40.3 Å². The van der Waals surface area contributed by atoms with Crippen molar-refractivity contribution in [1.82, 2.24) is 0 Å². The molecule has 0 spiro atoms. The summed E-state index contributed by atoms with van der Waals surface area (Å²) in [6.45, 7) is 4.69. The lowest BCUT2D eigenvalue weighted by molar-refractivity contribution is -0.889. The first-order chi connectivity index (χ1) is 28.6. The van der Waals surface area contributed by atoms with E-state index in [2.05, 4.69) is 26.0 Å². The Morgan fingerprint density at radius 1 is 0.492 bits per heavy atom. The number of hydrogen-bond acceptors (Lipinski definition) is 7. The lowest BCUT2D eigenvalue weighted by Gasteiger charge is -2.34. The molecule has 59 heavy (non-hydrogen) atoms. The third-order valence-electron chi connectivity index (χ3n) is 11.7. The van der Waals surface area contributed by atoms with E-state index in [1.54, 1.807) is 0 Å². The van der Waals surface area contributed by atoms with Crippen LogP contribution in [-0.2, 0) is 28.6 Å². The minimum absolute atomic E-state index is 0.0456. The number of carboxylic acids is 1. The van der Waals surface area contributed by atoms with Gasteiger partial charge in [-0.3, -0.25) is 9.59 Å². The fourth-order valence-corrected chi connectivity index (χ4v) is 7.71. The van der Waals surface area contributed by atoms with Crippen LogP contribution < -0.4 is 5.11 Å². The second-order valence-corrected chi connectivity index (χ2v) is 18.4. The maximum atomic E-state index is 12.8. The second kappa shape index (κ2) is 42.7. The van der Waals surface area contributed by atoms with Crippen LogP contribution in [0.3, 0.4) is 0 Å². The van der Waals surface area contributed by atoms with E-state index in [1.165, 1.54) is 173 Å². The Labute approximate surface area is 365 Å².